The van der Waals surface area contributed by atoms with E-state index in [1.54, 1.807) is 81.0 Å². The molecule has 7 nitrogen and oxygen atoms in total. The summed E-state index contributed by atoms with van der Waals surface area (Å²) in [6.45, 7) is 0. The Bertz CT molecular complexity index is 1620. The second-order valence-electron chi connectivity index (χ2n) is 7.48. The molecule has 1 aromatic heterocycles. The Labute approximate surface area is 215 Å². The number of ether oxygens (including phenoxy) is 2. The summed E-state index contributed by atoms with van der Waals surface area (Å²) in [6, 6.07) is 22.5. The SMILES string of the molecule is COc1ccc(C=c2sc(=C(C#N)C(=O)Nc3ccc(Cl)cc3)n(-c3ccc(OC)cc3)c2=O)cc1. The molecule has 36 heavy (non-hydrogen) atoms. The minimum absolute atomic E-state index is 0.197. The molecule has 0 fully saturated rings. The van der Waals surface area contributed by atoms with Crippen LogP contribution < -0.4 is 29.5 Å². The van der Waals surface area contributed by atoms with Gasteiger partial charge in [-0.1, -0.05) is 23.7 Å². The van der Waals surface area contributed by atoms with Crippen LogP contribution in [0, 0.1) is 11.3 Å². The molecule has 0 radical (unpaired) electrons. The maximum absolute atomic E-state index is 13.5. The first-order chi connectivity index (χ1) is 17.4. The van der Waals surface area contributed by atoms with Gasteiger partial charge in [-0.2, -0.15) is 5.26 Å². The third-order valence-electron chi connectivity index (χ3n) is 5.22. The second kappa shape index (κ2) is 11.0. The van der Waals surface area contributed by atoms with Gasteiger partial charge in [-0.3, -0.25) is 14.2 Å². The first-order valence-corrected chi connectivity index (χ1v) is 11.9. The number of anilines is 1. The summed E-state index contributed by atoms with van der Waals surface area (Å²) < 4.78 is 12.3. The highest BCUT2D eigenvalue weighted by atomic mass is 35.5. The normalized spacial score (nSPS) is 12.0. The van der Waals surface area contributed by atoms with E-state index in [1.165, 1.54) is 4.57 Å². The molecule has 4 aromatic rings. The average Bonchev–Trinajstić information content (AvgIpc) is 3.21. The van der Waals surface area contributed by atoms with Crippen LogP contribution in [0.3, 0.4) is 0 Å². The van der Waals surface area contributed by atoms with E-state index >= 15 is 0 Å². The molecule has 4 rings (SSSR count). The monoisotopic (exact) mass is 517 g/mol. The number of amides is 1. The van der Waals surface area contributed by atoms with Gasteiger partial charge < -0.3 is 14.8 Å². The number of nitriles is 1. The van der Waals surface area contributed by atoms with Crippen molar-refractivity contribution in [2.45, 2.75) is 0 Å². The molecular weight excluding hydrogens is 498 g/mol. The van der Waals surface area contributed by atoms with E-state index in [0.29, 0.717) is 32.4 Å². The van der Waals surface area contributed by atoms with Crippen LogP contribution in [0.4, 0.5) is 5.69 Å². The van der Waals surface area contributed by atoms with Gasteiger partial charge in [0.05, 0.1) is 24.4 Å². The molecule has 0 saturated carbocycles. The summed E-state index contributed by atoms with van der Waals surface area (Å²) in [7, 11) is 3.12. The number of aromatic nitrogens is 1. The fourth-order valence-corrected chi connectivity index (χ4v) is 4.62. The van der Waals surface area contributed by atoms with Crippen LogP contribution >= 0.6 is 22.9 Å². The average molecular weight is 518 g/mol. The Morgan fingerprint density at radius 3 is 2.11 bits per heavy atom. The fourth-order valence-electron chi connectivity index (χ4n) is 3.39. The predicted molar refractivity (Wildman–Crippen MR) is 141 cm³/mol. The van der Waals surface area contributed by atoms with Crippen LogP contribution in [-0.4, -0.2) is 24.7 Å². The van der Waals surface area contributed by atoms with Gasteiger partial charge in [-0.15, -0.1) is 11.3 Å². The van der Waals surface area contributed by atoms with E-state index in [-0.39, 0.29) is 15.8 Å². The topological polar surface area (TPSA) is 93.3 Å². The largest absolute Gasteiger partial charge is 0.497 e. The number of nitrogens with one attached hydrogen (secondary N) is 1. The molecular formula is C27H20ClN3O4S. The summed E-state index contributed by atoms with van der Waals surface area (Å²) in [6.07, 6.45) is 1.71. The molecule has 0 saturated heterocycles. The zero-order valence-electron chi connectivity index (χ0n) is 19.3. The molecule has 180 valence electrons. The van der Waals surface area contributed by atoms with Gasteiger partial charge in [0.25, 0.3) is 11.5 Å². The number of carbonyl (C=O) groups excluding carboxylic acids is 1. The minimum Gasteiger partial charge on any atom is -0.497 e. The molecule has 1 N–H and O–H groups in total. The zero-order chi connectivity index (χ0) is 25.7. The fraction of sp³-hybridized carbons (Fsp3) is 0.0741. The summed E-state index contributed by atoms with van der Waals surface area (Å²) in [5, 5.41) is 13.2. The zero-order valence-corrected chi connectivity index (χ0v) is 20.9. The van der Waals surface area contributed by atoms with Crippen LogP contribution in [0.15, 0.2) is 77.6 Å². The van der Waals surface area contributed by atoms with E-state index < -0.39 is 5.91 Å². The Balaban J connectivity index is 1.92. The quantitative estimate of drug-likeness (QED) is 0.421. The van der Waals surface area contributed by atoms with Crippen molar-refractivity contribution >= 4 is 46.2 Å². The molecule has 0 atom stereocenters. The molecule has 0 unspecified atom stereocenters. The van der Waals surface area contributed by atoms with Crippen molar-refractivity contribution < 1.29 is 14.3 Å². The van der Waals surface area contributed by atoms with Crippen LogP contribution in [0.2, 0.25) is 5.02 Å². The number of methoxy groups -OCH3 is 2. The van der Waals surface area contributed by atoms with Crippen molar-refractivity contribution in [1.82, 2.24) is 4.57 Å². The van der Waals surface area contributed by atoms with Crippen molar-refractivity contribution in [3.8, 4) is 23.3 Å². The van der Waals surface area contributed by atoms with Gasteiger partial charge in [0.2, 0.25) is 0 Å². The number of halogens is 1. The number of thiazole rings is 1. The lowest BCUT2D eigenvalue weighted by Crippen LogP contribution is -2.32. The molecule has 0 bridgehead atoms. The number of nitrogens with zero attached hydrogens (tertiary/aromatic N) is 2. The molecule has 0 aliphatic carbocycles. The highest BCUT2D eigenvalue weighted by Gasteiger charge is 2.17. The number of carbonyl (C=O) groups is 1. The molecule has 1 heterocycles. The molecule has 9 heteroatoms. The van der Waals surface area contributed by atoms with E-state index in [0.717, 1.165) is 16.9 Å². The van der Waals surface area contributed by atoms with Crippen LogP contribution in [0.25, 0.3) is 17.3 Å². The summed E-state index contributed by atoms with van der Waals surface area (Å²) in [4.78, 5) is 26.6. The lowest BCUT2D eigenvalue weighted by molar-refractivity contribution is -0.111. The van der Waals surface area contributed by atoms with Gasteiger partial charge >= 0.3 is 0 Å². The highest BCUT2D eigenvalue weighted by molar-refractivity contribution is 7.07. The van der Waals surface area contributed by atoms with Gasteiger partial charge in [0.15, 0.2) is 5.57 Å². The minimum atomic E-state index is -0.640. The maximum Gasteiger partial charge on any atom is 0.273 e. The van der Waals surface area contributed by atoms with E-state index in [2.05, 4.69) is 5.32 Å². The van der Waals surface area contributed by atoms with Crippen LogP contribution in [-0.2, 0) is 4.79 Å². The second-order valence-corrected chi connectivity index (χ2v) is 8.94. The van der Waals surface area contributed by atoms with Gasteiger partial charge in [0.1, 0.15) is 22.2 Å². The van der Waals surface area contributed by atoms with E-state index in [1.807, 2.05) is 18.2 Å². The van der Waals surface area contributed by atoms with Crippen molar-refractivity contribution in [1.29, 1.82) is 5.26 Å². The summed E-state index contributed by atoms with van der Waals surface area (Å²) in [5.74, 6) is 0.659. The Morgan fingerprint density at radius 2 is 1.56 bits per heavy atom. The van der Waals surface area contributed by atoms with Crippen molar-refractivity contribution in [3.05, 3.63) is 103 Å². The van der Waals surface area contributed by atoms with E-state index in [9.17, 15) is 14.9 Å². The predicted octanol–water partition coefficient (Wildman–Crippen LogP) is 3.71. The van der Waals surface area contributed by atoms with Gasteiger partial charge in [0, 0.05) is 10.7 Å². The third-order valence-corrected chi connectivity index (χ3v) is 6.57. The maximum atomic E-state index is 13.5. The van der Waals surface area contributed by atoms with Crippen molar-refractivity contribution in [3.63, 3.8) is 0 Å². The Morgan fingerprint density at radius 1 is 0.972 bits per heavy atom. The molecule has 0 spiro atoms. The molecule has 0 aliphatic heterocycles. The van der Waals surface area contributed by atoms with Crippen molar-refractivity contribution in [2.24, 2.45) is 0 Å². The lowest BCUT2D eigenvalue weighted by Gasteiger charge is -2.07. The summed E-state index contributed by atoms with van der Waals surface area (Å²) in [5.41, 5.74) is 1.18. The first kappa shape index (κ1) is 24.8. The van der Waals surface area contributed by atoms with Crippen LogP contribution in [0.5, 0.6) is 11.5 Å². The first-order valence-electron chi connectivity index (χ1n) is 10.7. The molecule has 1 amide bonds. The van der Waals surface area contributed by atoms with Crippen molar-refractivity contribution in [2.75, 3.05) is 19.5 Å². The third kappa shape index (κ3) is 5.33. The summed E-state index contributed by atoms with van der Waals surface area (Å²) >= 11 is 6.98. The van der Waals surface area contributed by atoms with E-state index in [4.69, 9.17) is 21.1 Å². The number of hydrogen-bond acceptors (Lipinski definition) is 6. The highest BCUT2D eigenvalue weighted by Crippen LogP contribution is 2.16. The smallest absolute Gasteiger partial charge is 0.273 e. The standard InChI is InChI=1S/C27H20ClN3O4S/c1-34-21-11-3-17(4-12-21)15-24-26(33)31(20-9-13-22(35-2)14-10-20)27(36-24)23(16-29)25(32)30-19-7-5-18(28)6-8-19/h3-15H,1-2H3,(H,30,32). The molecule has 3 aromatic carbocycles. The Hall–Kier alpha value is -4.32. The lowest BCUT2D eigenvalue weighted by atomic mass is 10.2. The number of benzene rings is 3. The number of hydrogen-bond donors (Lipinski definition) is 1. The van der Waals surface area contributed by atoms with Gasteiger partial charge in [-0.25, -0.2) is 0 Å². The number of rotatable bonds is 6. The molecule has 0 aliphatic rings. The van der Waals surface area contributed by atoms with Gasteiger partial charge in [-0.05, 0) is 72.3 Å². The Kier molecular flexibility index (Phi) is 7.54. The van der Waals surface area contributed by atoms with Crippen LogP contribution in [0.1, 0.15) is 5.56 Å².